The molecule has 1 aromatic heterocycles. The van der Waals surface area contributed by atoms with Crippen LogP contribution in [0.1, 0.15) is 26.6 Å². The van der Waals surface area contributed by atoms with E-state index in [1.54, 1.807) is 24.5 Å². The molecule has 70 valence electrons. The lowest BCUT2D eigenvalue weighted by molar-refractivity contribution is -0.112. The number of nitrogens with zero attached hydrogens (tertiary/aromatic N) is 2. The first-order valence-corrected chi connectivity index (χ1v) is 4.25. The lowest BCUT2D eigenvalue weighted by Crippen LogP contribution is -1.85. The molecule has 1 heterocycles. The summed E-state index contributed by atoms with van der Waals surface area (Å²) in [6, 6.07) is 1.73. The Morgan fingerprint density at radius 3 is 2.31 bits per heavy atom. The molecule has 3 nitrogen and oxygen atoms in total. The molecule has 1 aromatic rings. The van der Waals surface area contributed by atoms with Crippen LogP contribution < -0.4 is 0 Å². The highest BCUT2D eigenvalue weighted by Crippen LogP contribution is 1.90. The number of allylic oxidation sites excluding steroid dienone is 1. The van der Waals surface area contributed by atoms with Crippen molar-refractivity contribution in [3.05, 3.63) is 30.4 Å². The van der Waals surface area contributed by atoms with Gasteiger partial charge in [-0.15, -0.1) is 0 Å². The van der Waals surface area contributed by atoms with Gasteiger partial charge < -0.3 is 0 Å². The maximum atomic E-state index is 10.5. The Hall–Kier alpha value is -1.51. The van der Waals surface area contributed by atoms with Gasteiger partial charge in [-0.1, -0.05) is 13.8 Å². The van der Waals surface area contributed by atoms with E-state index < -0.39 is 0 Å². The second-order valence-electron chi connectivity index (χ2n) is 2.05. The predicted octanol–water partition coefficient (Wildman–Crippen LogP) is 2.10. The van der Waals surface area contributed by atoms with Gasteiger partial charge in [-0.05, 0) is 25.1 Å². The normalized spacial score (nSPS) is 9.15. The summed E-state index contributed by atoms with van der Waals surface area (Å²) in [6.45, 7) is 5.49. The summed E-state index contributed by atoms with van der Waals surface area (Å²) in [7, 11) is 0. The average Bonchev–Trinajstić information content (AvgIpc) is 2.19. The van der Waals surface area contributed by atoms with Crippen molar-refractivity contribution in [2.45, 2.75) is 20.8 Å². The molecule has 0 unspecified atom stereocenters. The fraction of sp³-hybridized carbons (Fsp3) is 0.300. The van der Waals surface area contributed by atoms with Crippen molar-refractivity contribution in [1.29, 1.82) is 0 Å². The molecule has 13 heavy (non-hydrogen) atoms. The number of ketones is 1. The van der Waals surface area contributed by atoms with E-state index in [0.29, 0.717) is 5.82 Å². The van der Waals surface area contributed by atoms with Crippen LogP contribution in [0.25, 0.3) is 6.08 Å². The largest absolute Gasteiger partial charge is 0.295 e. The highest BCUT2D eigenvalue weighted by molar-refractivity contribution is 5.90. The summed E-state index contributed by atoms with van der Waals surface area (Å²) < 4.78 is 0. The maximum Gasteiger partial charge on any atom is 0.152 e. The molecule has 0 aromatic carbocycles. The Balaban J connectivity index is 0.000000671. The predicted molar refractivity (Wildman–Crippen MR) is 53.1 cm³/mol. The van der Waals surface area contributed by atoms with Crippen molar-refractivity contribution in [2.24, 2.45) is 0 Å². The summed E-state index contributed by atoms with van der Waals surface area (Å²) in [4.78, 5) is 18.3. The van der Waals surface area contributed by atoms with Gasteiger partial charge in [0.15, 0.2) is 11.6 Å². The molecule has 0 aliphatic rings. The number of hydrogen-bond acceptors (Lipinski definition) is 3. The van der Waals surface area contributed by atoms with E-state index in [1.807, 2.05) is 13.8 Å². The molecule has 0 atom stereocenters. The Morgan fingerprint density at radius 1 is 1.31 bits per heavy atom. The minimum atomic E-state index is -0.00236. The molecule has 0 saturated carbocycles. The van der Waals surface area contributed by atoms with Crippen LogP contribution in [-0.2, 0) is 4.79 Å². The van der Waals surface area contributed by atoms with Crippen molar-refractivity contribution >= 4 is 11.9 Å². The number of hydrogen-bond donors (Lipinski definition) is 0. The van der Waals surface area contributed by atoms with Crippen LogP contribution in [0.4, 0.5) is 0 Å². The molecule has 0 N–H and O–H groups in total. The molecule has 1 rings (SSSR count). The molecule has 0 fully saturated rings. The van der Waals surface area contributed by atoms with Gasteiger partial charge in [-0.3, -0.25) is 4.79 Å². The Bertz CT molecular complexity index is 268. The first kappa shape index (κ1) is 11.5. The summed E-state index contributed by atoms with van der Waals surface area (Å²) in [5.41, 5.74) is 0. The molecule has 0 spiro atoms. The van der Waals surface area contributed by atoms with Crippen molar-refractivity contribution in [2.75, 3.05) is 0 Å². The van der Waals surface area contributed by atoms with E-state index in [9.17, 15) is 4.79 Å². The summed E-state index contributed by atoms with van der Waals surface area (Å²) in [6.07, 6.45) is 6.29. The summed E-state index contributed by atoms with van der Waals surface area (Å²) in [5.74, 6) is 0.556. The highest BCUT2D eigenvalue weighted by Gasteiger charge is 1.86. The van der Waals surface area contributed by atoms with Gasteiger partial charge >= 0.3 is 0 Å². The van der Waals surface area contributed by atoms with Crippen LogP contribution in [-0.4, -0.2) is 15.8 Å². The number of carbonyl (C=O) groups excluding carboxylic acids is 1. The first-order valence-electron chi connectivity index (χ1n) is 4.25. The van der Waals surface area contributed by atoms with Gasteiger partial charge in [0.25, 0.3) is 0 Å². The Labute approximate surface area is 78.5 Å². The summed E-state index contributed by atoms with van der Waals surface area (Å²) >= 11 is 0. The molecule has 0 aliphatic carbocycles. The third-order valence-electron chi connectivity index (χ3n) is 1.05. The van der Waals surface area contributed by atoms with E-state index >= 15 is 0 Å². The lowest BCUT2D eigenvalue weighted by Gasteiger charge is -1.86. The van der Waals surface area contributed by atoms with E-state index in [4.69, 9.17) is 0 Å². The quantitative estimate of drug-likeness (QED) is 0.651. The zero-order valence-electron chi connectivity index (χ0n) is 8.19. The minimum Gasteiger partial charge on any atom is -0.295 e. The average molecular weight is 178 g/mol. The van der Waals surface area contributed by atoms with Crippen molar-refractivity contribution < 1.29 is 4.79 Å². The molecule has 3 heteroatoms. The standard InChI is InChI=1S/C8H8N2O.C2H6/c1-7(11)3-4-8-9-5-2-6-10-8;1-2/h2-6H,1H3;1-2H3/b4-3+;. The number of aromatic nitrogens is 2. The Kier molecular flexibility index (Phi) is 6.32. The molecule has 0 radical (unpaired) electrons. The molecule has 0 aliphatic heterocycles. The van der Waals surface area contributed by atoms with Crippen LogP contribution >= 0.6 is 0 Å². The smallest absolute Gasteiger partial charge is 0.152 e. The summed E-state index contributed by atoms with van der Waals surface area (Å²) in [5, 5.41) is 0. The zero-order valence-corrected chi connectivity index (χ0v) is 8.19. The fourth-order valence-corrected chi connectivity index (χ4v) is 0.589. The van der Waals surface area contributed by atoms with E-state index in [2.05, 4.69) is 9.97 Å². The second kappa shape index (κ2) is 7.16. The van der Waals surface area contributed by atoms with E-state index in [1.165, 1.54) is 13.0 Å². The third-order valence-corrected chi connectivity index (χ3v) is 1.05. The topological polar surface area (TPSA) is 42.9 Å². The fourth-order valence-electron chi connectivity index (χ4n) is 0.589. The third kappa shape index (κ3) is 5.73. The minimum absolute atomic E-state index is 0.00236. The van der Waals surface area contributed by atoms with Crippen LogP contribution in [0.5, 0.6) is 0 Å². The van der Waals surface area contributed by atoms with Gasteiger partial charge in [0.2, 0.25) is 0 Å². The molecular weight excluding hydrogens is 164 g/mol. The van der Waals surface area contributed by atoms with Gasteiger partial charge in [-0.2, -0.15) is 0 Å². The van der Waals surface area contributed by atoms with Crippen molar-refractivity contribution in [3.63, 3.8) is 0 Å². The van der Waals surface area contributed by atoms with Gasteiger partial charge in [-0.25, -0.2) is 9.97 Å². The molecule has 0 amide bonds. The Morgan fingerprint density at radius 2 is 1.85 bits per heavy atom. The lowest BCUT2D eigenvalue weighted by atomic mass is 10.4. The van der Waals surface area contributed by atoms with Crippen LogP contribution in [0.2, 0.25) is 0 Å². The van der Waals surface area contributed by atoms with Gasteiger partial charge in [0.05, 0.1) is 0 Å². The van der Waals surface area contributed by atoms with E-state index in [0.717, 1.165) is 0 Å². The molecule has 0 saturated heterocycles. The first-order chi connectivity index (χ1) is 6.29. The van der Waals surface area contributed by atoms with Crippen LogP contribution in [0.15, 0.2) is 24.5 Å². The highest BCUT2D eigenvalue weighted by atomic mass is 16.1. The number of carbonyl (C=O) groups is 1. The van der Waals surface area contributed by atoms with Crippen molar-refractivity contribution in [1.82, 2.24) is 9.97 Å². The SMILES string of the molecule is CC.CC(=O)/C=C/c1ncccn1. The van der Waals surface area contributed by atoms with Crippen LogP contribution in [0.3, 0.4) is 0 Å². The van der Waals surface area contributed by atoms with Crippen molar-refractivity contribution in [3.8, 4) is 0 Å². The van der Waals surface area contributed by atoms with Gasteiger partial charge in [0, 0.05) is 12.4 Å². The van der Waals surface area contributed by atoms with Gasteiger partial charge in [0.1, 0.15) is 0 Å². The zero-order chi connectivity index (χ0) is 10.1. The maximum absolute atomic E-state index is 10.5. The monoisotopic (exact) mass is 178 g/mol. The molecular formula is C10H14N2O. The second-order valence-corrected chi connectivity index (χ2v) is 2.05. The molecule has 0 bridgehead atoms. The van der Waals surface area contributed by atoms with E-state index in [-0.39, 0.29) is 5.78 Å². The number of rotatable bonds is 2. The van der Waals surface area contributed by atoms with Crippen LogP contribution in [0, 0.1) is 0 Å².